The van der Waals surface area contributed by atoms with Crippen molar-refractivity contribution in [1.29, 1.82) is 0 Å². The van der Waals surface area contributed by atoms with E-state index in [1.807, 2.05) is 6.07 Å². The van der Waals surface area contributed by atoms with Gasteiger partial charge in [-0.05, 0) is 38.3 Å². The highest BCUT2D eigenvalue weighted by atomic mass is 16.5. The molecule has 1 aromatic rings. The predicted molar refractivity (Wildman–Crippen MR) is 62.4 cm³/mol. The van der Waals surface area contributed by atoms with Crippen LogP contribution in [0.5, 0.6) is 0 Å². The van der Waals surface area contributed by atoms with Gasteiger partial charge in [0.25, 0.3) is 0 Å². The molecular formula is C11H20N4O. The number of rotatable bonds is 6. The van der Waals surface area contributed by atoms with Gasteiger partial charge in [0.1, 0.15) is 0 Å². The maximum absolute atomic E-state index is 5.54. The zero-order valence-corrected chi connectivity index (χ0v) is 10.1. The molecule has 5 nitrogen and oxygen atoms in total. The minimum absolute atomic E-state index is 0.0879. The van der Waals surface area contributed by atoms with Crippen LogP contribution in [0.25, 0.3) is 0 Å². The monoisotopic (exact) mass is 224 g/mol. The highest BCUT2D eigenvalue weighted by molar-refractivity contribution is 5.11. The first kappa shape index (κ1) is 13.0. The molecule has 0 bridgehead atoms. The van der Waals surface area contributed by atoms with Crippen LogP contribution in [0.4, 0.5) is 0 Å². The summed E-state index contributed by atoms with van der Waals surface area (Å²) in [4.78, 5) is 0. The van der Waals surface area contributed by atoms with Crippen molar-refractivity contribution in [2.24, 2.45) is 5.84 Å². The molecule has 0 aromatic carbocycles. The third-order valence-corrected chi connectivity index (χ3v) is 2.80. The summed E-state index contributed by atoms with van der Waals surface area (Å²) in [7, 11) is 1.72. The standard InChI is InChI=1S/C11H20N4O/c1-11(2,16-3)6-4-10(15-12)9-5-7-13-14-8-9/h5,7-8,10,15H,4,6,12H2,1-3H3. The van der Waals surface area contributed by atoms with E-state index in [4.69, 9.17) is 10.6 Å². The van der Waals surface area contributed by atoms with Gasteiger partial charge in [-0.15, -0.1) is 0 Å². The first-order valence-electron chi connectivity index (χ1n) is 5.37. The molecule has 0 saturated heterocycles. The fourth-order valence-corrected chi connectivity index (χ4v) is 1.45. The van der Waals surface area contributed by atoms with Gasteiger partial charge in [0, 0.05) is 19.3 Å². The van der Waals surface area contributed by atoms with E-state index in [1.165, 1.54) is 0 Å². The molecular weight excluding hydrogens is 204 g/mol. The van der Waals surface area contributed by atoms with Crippen molar-refractivity contribution < 1.29 is 4.74 Å². The zero-order chi connectivity index (χ0) is 12.0. The molecule has 90 valence electrons. The van der Waals surface area contributed by atoms with Gasteiger partial charge >= 0.3 is 0 Å². The van der Waals surface area contributed by atoms with Crippen molar-refractivity contribution in [2.75, 3.05) is 7.11 Å². The summed E-state index contributed by atoms with van der Waals surface area (Å²) in [6.45, 7) is 4.12. The molecule has 3 N–H and O–H groups in total. The number of nitrogens with one attached hydrogen (secondary N) is 1. The number of nitrogens with two attached hydrogens (primary N) is 1. The molecule has 16 heavy (non-hydrogen) atoms. The second-order valence-electron chi connectivity index (χ2n) is 4.40. The van der Waals surface area contributed by atoms with Crippen molar-refractivity contribution in [3.63, 3.8) is 0 Å². The quantitative estimate of drug-likeness (QED) is 0.561. The lowest BCUT2D eigenvalue weighted by Crippen LogP contribution is -2.31. The lowest BCUT2D eigenvalue weighted by atomic mass is 9.96. The van der Waals surface area contributed by atoms with Crippen LogP contribution in [0.2, 0.25) is 0 Å². The Kier molecular flexibility index (Phi) is 4.79. The normalized spacial score (nSPS) is 13.8. The van der Waals surface area contributed by atoms with Gasteiger partial charge in [-0.25, -0.2) is 0 Å². The minimum atomic E-state index is -0.129. The Balaban J connectivity index is 2.57. The number of methoxy groups -OCH3 is 1. The smallest absolute Gasteiger partial charge is 0.0623 e. The van der Waals surface area contributed by atoms with Crippen molar-refractivity contribution in [3.8, 4) is 0 Å². The Morgan fingerprint density at radius 3 is 2.75 bits per heavy atom. The molecule has 0 aliphatic rings. The van der Waals surface area contributed by atoms with E-state index in [0.717, 1.165) is 18.4 Å². The lowest BCUT2D eigenvalue weighted by Gasteiger charge is -2.25. The van der Waals surface area contributed by atoms with Crippen molar-refractivity contribution in [2.45, 2.75) is 38.3 Å². The third kappa shape index (κ3) is 3.84. The highest BCUT2D eigenvalue weighted by Crippen LogP contribution is 2.23. The summed E-state index contributed by atoms with van der Waals surface area (Å²) < 4.78 is 5.37. The molecule has 5 heteroatoms. The molecule has 0 aliphatic carbocycles. The highest BCUT2D eigenvalue weighted by Gasteiger charge is 2.19. The van der Waals surface area contributed by atoms with Crippen LogP contribution in [-0.2, 0) is 4.74 Å². The van der Waals surface area contributed by atoms with Crippen molar-refractivity contribution >= 4 is 0 Å². The average Bonchev–Trinajstić information content (AvgIpc) is 2.31. The Labute approximate surface area is 96.4 Å². The second kappa shape index (κ2) is 5.89. The van der Waals surface area contributed by atoms with Crippen LogP contribution in [0, 0.1) is 0 Å². The van der Waals surface area contributed by atoms with Gasteiger partial charge in [-0.2, -0.15) is 10.2 Å². The first-order chi connectivity index (χ1) is 7.59. The zero-order valence-electron chi connectivity index (χ0n) is 10.1. The number of hydrogen-bond donors (Lipinski definition) is 2. The van der Waals surface area contributed by atoms with Gasteiger partial charge in [0.2, 0.25) is 0 Å². The Bertz CT molecular complexity index is 302. The van der Waals surface area contributed by atoms with Crippen LogP contribution in [0.3, 0.4) is 0 Å². The summed E-state index contributed by atoms with van der Waals surface area (Å²) in [5.74, 6) is 5.54. The maximum atomic E-state index is 5.54. The van der Waals surface area contributed by atoms with Crippen LogP contribution in [-0.4, -0.2) is 22.9 Å². The lowest BCUT2D eigenvalue weighted by molar-refractivity contribution is 0.0116. The van der Waals surface area contributed by atoms with Gasteiger partial charge in [-0.1, -0.05) is 0 Å². The number of aromatic nitrogens is 2. The fourth-order valence-electron chi connectivity index (χ4n) is 1.45. The van der Waals surface area contributed by atoms with Crippen LogP contribution in [0.1, 0.15) is 38.3 Å². The number of nitrogens with zero attached hydrogens (tertiary/aromatic N) is 2. The molecule has 1 atom stereocenters. The van der Waals surface area contributed by atoms with E-state index >= 15 is 0 Å². The first-order valence-corrected chi connectivity index (χ1v) is 5.37. The predicted octanol–water partition coefficient (Wildman–Crippen LogP) is 1.19. The Hall–Kier alpha value is -1.04. The van der Waals surface area contributed by atoms with Gasteiger partial charge < -0.3 is 4.74 Å². The molecule has 1 unspecified atom stereocenters. The average molecular weight is 224 g/mol. The van der Waals surface area contributed by atoms with Gasteiger partial charge in [0.05, 0.1) is 11.8 Å². The molecule has 1 rings (SSSR count). The topological polar surface area (TPSA) is 73.1 Å². The molecule has 0 spiro atoms. The summed E-state index contributed by atoms with van der Waals surface area (Å²) >= 11 is 0. The van der Waals surface area contributed by atoms with Crippen LogP contribution in [0.15, 0.2) is 18.5 Å². The molecule has 0 fully saturated rings. The largest absolute Gasteiger partial charge is 0.379 e. The van der Waals surface area contributed by atoms with E-state index in [2.05, 4.69) is 29.5 Å². The minimum Gasteiger partial charge on any atom is -0.379 e. The Morgan fingerprint density at radius 2 is 2.25 bits per heavy atom. The summed E-state index contributed by atoms with van der Waals surface area (Å²) in [5, 5.41) is 7.59. The Morgan fingerprint density at radius 1 is 1.50 bits per heavy atom. The number of ether oxygens (including phenoxy) is 1. The molecule has 0 amide bonds. The molecule has 0 aliphatic heterocycles. The van der Waals surface area contributed by atoms with E-state index < -0.39 is 0 Å². The molecule has 1 aromatic heterocycles. The van der Waals surface area contributed by atoms with Crippen LogP contribution < -0.4 is 11.3 Å². The SMILES string of the molecule is COC(C)(C)CCC(NN)c1ccnnc1. The van der Waals surface area contributed by atoms with E-state index in [1.54, 1.807) is 19.5 Å². The van der Waals surface area contributed by atoms with Gasteiger partial charge in [-0.3, -0.25) is 11.3 Å². The summed E-state index contributed by atoms with van der Waals surface area (Å²) in [6.07, 6.45) is 5.20. The number of hydrogen-bond acceptors (Lipinski definition) is 5. The second-order valence-corrected chi connectivity index (χ2v) is 4.40. The third-order valence-electron chi connectivity index (χ3n) is 2.80. The summed E-state index contributed by atoms with van der Waals surface area (Å²) in [5.41, 5.74) is 3.71. The van der Waals surface area contributed by atoms with E-state index in [-0.39, 0.29) is 11.6 Å². The van der Waals surface area contributed by atoms with E-state index in [9.17, 15) is 0 Å². The van der Waals surface area contributed by atoms with Crippen LogP contribution >= 0.6 is 0 Å². The molecule has 1 heterocycles. The van der Waals surface area contributed by atoms with Crippen molar-refractivity contribution in [3.05, 3.63) is 24.0 Å². The number of hydrazine groups is 1. The molecule has 0 saturated carbocycles. The van der Waals surface area contributed by atoms with Crippen molar-refractivity contribution in [1.82, 2.24) is 15.6 Å². The maximum Gasteiger partial charge on any atom is 0.0623 e. The van der Waals surface area contributed by atoms with Gasteiger partial charge in [0.15, 0.2) is 0 Å². The molecule has 0 radical (unpaired) electrons. The summed E-state index contributed by atoms with van der Waals surface area (Å²) in [6, 6.07) is 2.00. The fraction of sp³-hybridized carbons (Fsp3) is 0.636. The van der Waals surface area contributed by atoms with E-state index in [0.29, 0.717) is 0 Å².